The fourth-order valence-electron chi connectivity index (χ4n) is 3.32. The van der Waals surface area contributed by atoms with Gasteiger partial charge in [0.25, 0.3) is 0 Å². The molecule has 0 fully saturated rings. The third-order valence-electron chi connectivity index (χ3n) is 4.51. The maximum Gasteiger partial charge on any atom is 0.189 e. The average Bonchev–Trinajstić information content (AvgIpc) is 3.33. The van der Waals surface area contributed by atoms with Gasteiger partial charge in [-0.2, -0.15) is 0 Å². The molecule has 0 aliphatic heterocycles. The van der Waals surface area contributed by atoms with Crippen LogP contribution in [0.2, 0.25) is 0 Å². The maximum atomic E-state index is 5.80. The zero-order valence-electron chi connectivity index (χ0n) is 13.7. The van der Waals surface area contributed by atoms with E-state index in [0.29, 0.717) is 12.4 Å². The molecule has 0 N–H and O–H groups in total. The van der Waals surface area contributed by atoms with E-state index in [1.54, 1.807) is 29.3 Å². The van der Waals surface area contributed by atoms with Gasteiger partial charge in [0.2, 0.25) is 0 Å². The molecule has 7 heteroatoms. The van der Waals surface area contributed by atoms with Crippen LogP contribution in [0.5, 0.6) is 11.5 Å². The molecule has 5 rings (SSSR count). The zero-order chi connectivity index (χ0) is 16.8. The number of ether oxygens (including phenoxy) is 2. The molecule has 126 valence electrons. The molecule has 0 saturated carbocycles. The summed E-state index contributed by atoms with van der Waals surface area (Å²) in [4.78, 5) is 11.8. The van der Waals surface area contributed by atoms with Gasteiger partial charge in [-0.3, -0.25) is 0 Å². The molecule has 0 amide bonds. The molecule has 0 spiro atoms. The Morgan fingerprint density at radius 2 is 2.00 bits per heavy atom. The van der Waals surface area contributed by atoms with E-state index in [9.17, 15) is 0 Å². The normalized spacial score (nSPS) is 13.5. The lowest BCUT2D eigenvalue weighted by Gasteiger charge is -2.04. The van der Waals surface area contributed by atoms with Gasteiger partial charge in [0.1, 0.15) is 29.3 Å². The summed E-state index contributed by atoms with van der Waals surface area (Å²) in [5, 5.41) is 5.68. The minimum absolute atomic E-state index is 0.321. The van der Waals surface area contributed by atoms with Gasteiger partial charge < -0.3 is 9.47 Å². The average molecular weight is 352 g/mol. The molecule has 1 aliphatic carbocycles. The fourth-order valence-corrected chi connectivity index (χ4v) is 4.54. The Kier molecular flexibility index (Phi) is 3.34. The van der Waals surface area contributed by atoms with Crippen molar-refractivity contribution >= 4 is 27.2 Å². The highest BCUT2D eigenvalue weighted by molar-refractivity contribution is 7.19. The summed E-state index contributed by atoms with van der Waals surface area (Å²) in [5.74, 6) is 2.22. The topological polar surface area (TPSA) is 61.5 Å². The van der Waals surface area contributed by atoms with Crippen molar-refractivity contribution in [3.8, 4) is 11.5 Å². The molecule has 25 heavy (non-hydrogen) atoms. The molecule has 3 heterocycles. The summed E-state index contributed by atoms with van der Waals surface area (Å²) in [5.41, 5.74) is 2.30. The summed E-state index contributed by atoms with van der Waals surface area (Å²) < 4.78 is 12.7. The first kappa shape index (κ1) is 14.7. The number of benzene rings is 1. The third kappa shape index (κ3) is 2.42. The number of fused-ring (bicyclic) bond motifs is 5. The molecular weight excluding hydrogens is 336 g/mol. The van der Waals surface area contributed by atoms with Crippen LogP contribution in [0.1, 0.15) is 22.7 Å². The summed E-state index contributed by atoms with van der Waals surface area (Å²) >= 11 is 1.79. The van der Waals surface area contributed by atoms with Gasteiger partial charge in [-0.25, -0.2) is 14.5 Å². The minimum atomic E-state index is 0.321. The number of methoxy groups -OCH3 is 1. The van der Waals surface area contributed by atoms with Gasteiger partial charge in [0.05, 0.1) is 12.5 Å². The number of hydrogen-bond donors (Lipinski definition) is 0. The molecule has 0 unspecified atom stereocenters. The molecule has 6 nitrogen and oxygen atoms in total. The lowest BCUT2D eigenvalue weighted by atomic mass is 10.2. The summed E-state index contributed by atoms with van der Waals surface area (Å²) in [6.07, 6.45) is 5.23. The highest BCUT2D eigenvalue weighted by atomic mass is 32.1. The second-order valence-electron chi connectivity index (χ2n) is 6.04. The van der Waals surface area contributed by atoms with Gasteiger partial charge in [-0.05, 0) is 49.1 Å². The number of thiophene rings is 1. The Morgan fingerprint density at radius 1 is 1.16 bits per heavy atom. The molecular formula is C18H16N4O2S. The third-order valence-corrected chi connectivity index (χ3v) is 5.71. The first-order valence-electron chi connectivity index (χ1n) is 8.23. The Hall–Kier alpha value is -2.67. The van der Waals surface area contributed by atoms with Crippen molar-refractivity contribution in [1.29, 1.82) is 0 Å². The Bertz CT molecular complexity index is 1070. The predicted molar refractivity (Wildman–Crippen MR) is 95.5 cm³/mol. The first-order chi connectivity index (χ1) is 12.3. The molecule has 0 radical (unpaired) electrons. The second kappa shape index (κ2) is 5.70. The fraction of sp³-hybridized carbons (Fsp3) is 0.278. The Morgan fingerprint density at radius 3 is 2.84 bits per heavy atom. The minimum Gasteiger partial charge on any atom is -0.497 e. The van der Waals surface area contributed by atoms with Crippen LogP contribution in [0, 0.1) is 0 Å². The molecule has 0 bridgehead atoms. The van der Waals surface area contributed by atoms with Gasteiger partial charge >= 0.3 is 0 Å². The maximum absolute atomic E-state index is 5.80. The van der Waals surface area contributed by atoms with Crippen LogP contribution in [-0.4, -0.2) is 26.7 Å². The van der Waals surface area contributed by atoms with Crippen LogP contribution in [0.3, 0.4) is 0 Å². The van der Waals surface area contributed by atoms with Gasteiger partial charge in [-0.1, -0.05) is 0 Å². The quantitative estimate of drug-likeness (QED) is 0.563. The standard InChI is InChI=1S/C18H16N4O2S/c1-23-11-5-7-12(8-6-11)24-9-15-20-17-16-13-3-2-4-14(13)25-18(16)19-10-22(17)21-15/h5-8,10H,2-4,9H2,1H3. The lowest BCUT2D eigenvalue weighted by molar-refractivity contribution is 0.295. The predicted octanol–water partition coefficient (Wildman–Crippen LogP) is 3.42. The van der Waals surface area contributed by atoms with Crippen LogP contribution < -0.4 is 9.47 Å². The number of aromatic nitrogens is 4. The van der Waals surface area contributed by atoms with E-state index in [2.05, 4.69) is 10.1 Å². The summed E-state index contributed by atoms with van der Waals surface area (Å²) in [6.45, 7) is 0.321. The van der Waals surface area contributed by atoms with Gasteiger partial charge in [0.15, 0.2) is 11.5 Å². The Balaban J connectivity index is 1.46. The number of nitrogens with zero attached hydrogens (tertiary/aromatic N) is 4. The van der Waals surface area contributed by atoms with E-state index in [-0.39, 0.29) is 0 Å². The van der Waals surface area contributed by atoms with E-state index in [1.807, 2.05) is 24.3 Å². The largest absolute Gasteiger partial charge is 0.497 e. The van der Waals surface area contributed by atoms with Crippen molar-refractivity contribution in [3.63, 3.8) is 0 Å². The molecule has 4 aromatic rings. The van der Waals surface area contributed by atoms with Crippen LogP contribution >= 0.6 is 11.3 Å². The number of rotatable bonds is 4. The SMILES string of the molecule is COc1ccc(OCc2nc3c4c5c(sc4ncn3n2)CCC5)cc1. The van der Waals surface area contributed by atoms with Crippen LogP contribution in [0.4, 0.5) is 0 Å². The van der Waals surface area contributed by atoms with E-state index in [1.165, 1.54) is 22.2 Å². The lowest BCUT2D eigenvalue weighted by Crippen LogP contribution is -1.98. The number of hydrogen-bond acceptors (Lipinski definition) is 6. The Labute approximate surface area is 148 Å². The van der Waals surface area contributed by atoms with E-state index < -0.39 is 0 Å². The van der Waals surface area contributed by atoms with Crippen molar-refractivity contribution in [2.24, 2.45) is 0 Å². The highest BCUT2D eigenvalue weighted by Gasteiger charge is 2.21. The van der Waals surface area contributed by atoms with Crippen LogP contribution in [0.25, 0.3) is 15.9 Å². The molecule has 3 aromatic heterocycles. The van der Waals surface area contributed by atoms with Crippen molar-refractivity contribution in [2.45, 2.75) is 25.9 Å². The van der Waals surface area contributed by atoms with Crippen molar-refractivity contribution in [1.82, 2.24) is 19.6 Å². The van der Waals surface area contributed by atoms with Crippen molar-refractivity contribution in [3.05, 3.63) is 46.9 Å². The van der Waals surface area contributed by atoms with Crippen LogP contribution in [0.15, 0.2) is 30.6 Å². The molecule has 0 atom stereocenters. The van der Waals surface area contributed by atoms with E-state index >= 15 is 0 Å². The highest BCUT2D eigenvalue weighted by Crippen LogP contribution is 2.37. The number of aryl methyl sites for hydroxylation is 2. The van der Waals surface area contributed by atoms with Gasteiger partial charge in [0, 0.05) is 4.88 Å². The molecule has 1 aliphatic rings. The van der Waals surface area contributed by atoms with Crippen LogP contribution in [-0.2, 0) is 19.4 Å². The zero-order valence-corrected chi connectivity index (χ0v) is 14.5. The van der Waals surface area contributed by atoms with Crippen molar-refractivity contribution in [2.75, 3.05) is 7.11 Å². The second-order valence-corrected chi connectivity index (χ2v) is 7.13. The monoisotopic (exact) mass is 352 g/mol. The molecule has 1 aromatic carbocycles. The molecule has 0 saturated heterocycles. The van der Waals surface area contributed by atoms with E-state index in [4.69, 9.17) is 14.5 Å². The summed E-state index contributed by atoms with van der Waals surface area (Å²) in [7, 11) is 1.65. The smallest absolute Gasteiger partial charge is 0.189 e. The van der Waals surface area contributed by atoms with Crippen molar-refractivity contribution < 1.29 is 9.47 Å². The first-order valence-corrected chi connectivity index (χ1v) is 9.05. The van der Waals surface area contributed by atoms with E-state index in [0.717, 1.165) is 34.8 Å². The summed E-state index contributed by atoms with van der Waals surface area (Å²) in [6, 6.07) is 7.49. The van der Waals surface area contributed by atoms with Gasteiger partial charge in [-0.15, -0.1) is 16.4 Å².